The Hall–Kier alpha value is -3.48. The van der Waals surface area contributed by atoms with Gasteiger partial charge in [-0.1, -0.05) is 29.3 Å². The first-order chi connectivity index (χ1) is 15.0. The second-order valence-electron chi connectivity index (χ2n) is 8.25. The molecular formula is C24H27N5O2. The van der Waals surface area contributed by atoms with Crippen molar-refractivity contribution in [2.24, 2.45) is 5.92 Å². The predicted octanol–water partition coefficient (Wildman–Crippen LogP) is 3.43. The van der Waals surface area contributed by atoms with Crippen molar-refractivity contribution in [1.29, 1.82) is 0 Å². The van der Waals surface area contributed by atoms with Crippen LogP contribution in [-0.2, 0) is 11.3 Å². The van der Waals surface area contributed by atoms with E-state index in [2.05, 4.69) is 21.5 Å². The molecule has 1 N–H and O–H groups in total. The van der Waals surface area contributed by atoms with E-state index in [1.54, 1.807) is 11.0 Å². The van der Waals surface area contributed by atoms with Gasteiger partial charge in [0.15, 0.2) is 0 Å². The van der Waals surface area contributed by atoms with Crippen LogP contribution in [-0.4, -0.2) is 44.6 Å². The number of anilines is 1. The number of likely N-dealkylation sites (tertiary alicyclic amines) is 1. The molecule has 2 aromatic carbocycles. The smallest absolute Gasteiger partial charge is 0.253 e. The number of benzene rings is 2. The normalized spacial score (nSPS) is 16.2. The molecule has 1 aromatic heterocycles. The van der Waals surface area contributed by atoms with Crippen molar-refractivity contribution in [1.82, 2.24) is 19.7 Å². The molecule has 1 unspecified atom stereocenters. The van der Waals surface area contributed by atoms with Gasteiger partial charge < -0.3 is 10.2 Å². The highest BCUT2D eigenvalue weighted by Gasteiger charge is 2.29. The van der Waals surface area contributed by atoms with Crippen molar-refractivity contribution in [2.75, 3.05) is 18.4 Å². The van der Waals surface area contributed by atoms with E-state index < -0.39 is 0 Å². The Labute approximate surface area is 182 Å². The highest BCUT2D eigenvalue weighted by Crippen LogP contribution is 2.22. The number of carbonyl (C=O) groups is 2. The van der Waals surface area contributed by atoms with E-state index in [-0.39, 0.29) is 17.7 Å². The number of rotatable bonds is 5. The molecule has 7 nitrogen and oxygen atoms in total. The van der Waals surface area contributed by atoms with Crippen LogP contribution in [0.25, 0.3) is 0 Å². The van der Waals surface area contributed by atoms with Gasteiger partial charge >= 0.3 is 0 Å². The first kappa shape index (κ1) is 20.8. The lowest BCUT2D eigenvalue weighted by Crippen LogP contribution is -2.43. The average molecular weight is 418 g/mol. The minimum absolute atomic E-state index is 0.000806. The summed E-state index contributed by atoms with van der Waals surface area (Å²) in [6.45, 7) is 5.70. The minimum Gasteiger partial charge on any atom is -0.338 e. The highest BCUT2D eigenvalue weighted by molar-refractivity contribution is 5.96. The van der Waals surface area contributed by atoms with E-state index in [4.69, 9.17) is 0 Å². The standard InChI is InChI=1S/C24H27N5O2/c1-17-9-18(2)11-21(10-17)24(31)28-8-4-6-20(14-28)23(30)27-22-7-3-5-19(12-22)13-29-16-25-15-26-29/h3,5,7,9-12,15-16,20H,4,6,8,13-14H2,1-2H3,(H,27,30). The summed E-state index contributed by atoms with van der Waals surface area (Å²) in [5, 5.41) is 7.14. The van der Waals surface area contributed by atoms with Crippen molar-refractivity contribution < 1.29 is 9.59 Å². The summed E-state index contributed by atoms with van der Waals surface area (Å²) in [5.41, 5.74) is 4.61. The molecule has 31 heavy (non-hydrogen) atoms. The third-order valence-corrected chi connectivity index (χ3v) is 5.55. The SMILES string of the molecule is Cc1cc(C)cc(C(=O)N2CCCC(C(=O)Nc3cccc(Cn4cncn4)c3)C2)c1. The van der Waals surface area contributed by atoms with Gasteiger partial charge in [-0.3, -0.25) is 9.59 Å². The third-order valence-electron chi connectivity index (χ3n) is 5.55. The number of aryl methyl sites for hydroxylation is 2. The van der Waals surface area contributed by atoms with Crippen LogP contribution in [0, 0.1) is 19.8 Å². The maximum Gasteiger partial charge on any atom is 0.253 e. The van der Waals surface area contributed by atoms with Crippen LogP contribution in [0.15, 0.2) is 55.1 Å². The Balaban J connectivity index is 1.40. The zero-order chi connectivity index (χ0) is 21.8. The zero-order valence-electron chi connectivity index (χ0n) is 17.9. The van der Waals surface area contributed by atoms with Crippen molar-refractivity contribution in [3.8, 4) is 0 Å². The Morgan fingerprint density at radius 2 is 1.94 bits per heavy atom. The average Bonchev–Trinajstić information content (AvgIpc) is 3.26. The summed E-state index contributed by atoms with van der Waals surface area (Å²) in [6.07, 6.45) is 4.76. The van der Waals surface area contributed by atoms with Crippen molar-refractivity contribution in [3.05, 3.63) is 77.4 Å². The molecule has 3 aromatic rings. The van der Waals surface area contributed by atoms with Crippen LogP contribution in [0.2, 0.25) is 0 Å². The molecule has 1 saturated heterocycles. The van der Waals surface area contributed by atoms with Gasteiger partial charge in [-0.25, -0.2) is 9.67 Å². The van der Waals surface area contributed by atoms with Crippen LogP contribution in [0.5, 0.6) is 0 Å². The number of piperidine rings is 1. The van der Waals surface area contributed by atoms with Gasteiger partial charge in [0, 0.05) is 24.3 Å². The molecule has 0 aliphatic carbocycles. The molecule has 0 radical (unpaired) electrons. The number of nitrogens with one attached hydrogen (secondary N) is 1. The first-order valence-electron chi connectivity index (χ1n) is 10.6. The fourth-order valence-corrected chi connectivity index (χ4v) is 4.15. The zero-order valence-corrected chi connectivity index (χ0v) is 17.9. The molecule has 0 spiro atoms. The van der Waals surface area contributed by atoms with Crippen LogP contribution in [0.4, 0.5) is 5.69 Å². The number of carbonyl (C=O) groups excluding carboxylic acids is 2. The van der Waals surface area contributed by atoms with Crippen molar-refractivity contribution in [3.63, 3.8) is 0 Å². The third kappa shape index (κ3) is 5.17. The molecule has 2 heterocycles. The number of hydrogen-bond acceptors (Lipinski definition) is 4. The molecule has 2 amide bonds. The van der Waals surface area contributed by atoms with Gasteiger partial charge in [-0.15, -0.1) is 0 Å². The van der Waals surface area contributed by atoms with Gasteiger partial charge in [0.1, 0.15) is 12.7 Å². The van der Waals surface area contributed by atoms with Crippen LogP contribution in [0.3, 0.4) is 0 Å². The van der Waals surface area contributed by atoms with Gasteiger partial charge in [0.25, 0.3) is 5.91 Å². The number of amides is 2. The molecule has 160 valence electrons. The van der Waals surface area contributed by atoms with E-state index in [1.807, 2.05) is 55.1 Å². The summed E-state index contributed by atoms with van der Waals surface area (Å²) >= 11 is 0. The molecular weight excluding hydrogens is 390 g/mol. The topological polar surface area (TPSA) is 80.1 Å². The maximum atomic E-state index is 13.0. The van der Waals surface area contributed by atoms with Crippen LogP contribution >= 0.6 is 0 Å². The molecule has 7 heteroatoms. The molecule has 1 aliphatic rings. The van der Waals surface area contributed by atoms with E-state index in [0.29, 0.717) is 25.2 Å². The van der Waals surface area contributed by atoms with Crippen molar-refractivity contribution >= 4 is 17.5 Å². The van der Waals surface area contributed by atoms with Gasteiger partial charge in [-0.05, 0) is 56.5 Å². The monoisotopic (exact) mass is 417 g/mol. The largest absolute Gasteiger partial charge is 0.338 e. The van der Waals surface area contributed by atoms with E-state index in [1.165, 1.54) is 6.33 Å². The van der Waals surface area contributed by atoms with Crippen molar-refractivity contribution in [2.45, 2.75) is 33.2 Å². The number of nitrogens with zero attached hydrogens (tertiary/aromatic N) is 4. The number of aromatic nitrogens is 3. The van der Waals surface area contributed by atoms with Gasteiger partial charge in [0.05, 0.1) is 12.5 Å². The fourth-order valence-electron chi connectivity index (χ4n) is 4.15. The summed E-state index contributed by atoms with van der Waals surface area (Å²) in [7, 11) is 0. The molecule has 0 saturated carbocycles. The van der Waals surface area contributed by atoms with Crippen LogP contribution in [0.1, 0.15) is 39.9 Å². The predicted molar refractivity (Wildman–Crippen MR) is 119 cm³/mol. The van der Waals surface area contributed by atoms with E-state index in [9.17, 15) is 9.59 Å². The minimum atomic E-state index is -0.220. The number of hydrogen-bond donors (Lipinski definition) is 1. The Morgan fingerprint density at radius 1 is 1.13 bits per heavy atom. The molecule has 1 fully saturated rings. The lowest BCUT2D eigenvalue weighted by Gasteiger charge is -2.32. The Bertz CT molecular complexity index is 1060. The van der Waals surface area contributed by atoms with Crippen LogP contribution < -0.4 is 5.32 Å². The quantitative estimate of drug-likeness (QED) is 0.690. The fraction of sp³-hybridized carbons (Fsp3) is 0.333. The molecule has 1 atom stereocenters. The summed E-state index contributed by atoms with van der Waals surface area (Å²) in [4.78, 5) is 31.7. The molecule has 0 bridgehead atoms. The summed E-state index contributed by atoms with van der Waals surface area (Å²) in [6, 6.07) is 13.6. The maximum absolute atomic E-state index is 13.0. The molecule has 1 aliphatic heterocycles. The summed E-state index contributed by atoms with van der Waals surface area (Å²) < 4.78 is 1.73. The second-order valence-corrected chi connectivity index (χ2v) is 8.25. The van der Waals surface area contributed by atoms with Gasteiger partial charge in [0.2, 0.25) is 5.91 Å². The summed E-state index contributed by atoms with van der Waals surface area (Å²) in [5.74, 6) is -0.266. The lowest BCUT2D eigenvalue weighted by molar-refractivity contribution is -0.121. The Morgan fingerprint density at radius 3 is 2.68 bits per heavy atom. The first-order valence-corrected chi connectivity index (χ1v) is 10.6. The van der Waals surface area contributed by atoms with E-state index >= 15 is 0 Å². The lowest BCUT2D eigenvalue weighted by atomic mass is 9.96. The molecule has 4 rings (SSSR count). The Kier molecular flexibility index (Phi) is 6.11. The van der Waals surface area contributed by atoms with E-state index in [0.717, 1.165) is 35.2 Å². The van der Waals surface area contributed by atoms with Gasteiger partial charge in [-0.2, -0.15) is 5.10 Å². The second kappa shape index (κ2) is 9.12. The highest BCUT2D eigenvalue weighted by atomic mass is 16.2.